The Morgan fingerprint density at radius 2 is 2.07 bits per heavy atom. The van der Waals surface area contributed by atoms with Crippen molar-refractivity contribution in [3.63, 3.8) is 0 Å². The van der Waals surface area contributed by atoms with Crippen LogP contribution in [-0.2, 0) is 14.3 Å². The van der Waals surface area contributed by atoms with E-state index in [0.29, 0.717) is 23.4 Å². The molecule has 1 aliphatic heterocycles. The van der Waals surface area contributed by atoms with E-state index in [1.54, 1.807) is 0 Å². The van der Waals surface area contributed by atoms with Gasteiger partial charge < -0.3 is 25.0 Å². The van der Waals surface area contributed by atoms with Gasteiger partial charge in [0.2, 0.25) is 11.8 Å². The smallest absolute Gasteiger partial charge is 0.406 e. The van der Waals surface area contributed by atoms with E-state index >= 15 is 0 Å². The molecule has 12 heteroatoms. The molecule has 0 unspecified atom stereocenters. The largest absolute Gasteiger partial charge is 0.573 e. The molecular formula is C18H21F3N4O4S. The molecule has 1 fully saturated rings. The van der Waals surface area contributed by atoms with E-state index in [2.05, 4.69) is 20.4 Å². The molecule has 0 atom stereocenters. The Hall–Kier alpha value is -2.44. The van der Waals surface area contributed by atoms with Crippen LogP contribution in [0.1, 0.15) is 12.8 Å². The number of likely N-dealkylation sites (N-methyl/N-ethyl adjacent to an activating group) is 1. The monoisotopic (exact) mass is 446 g/mol. The Balaban J connectivity index is 1.50. The van der Waals surface area contributed by atoms with Crippen molar-refractivity contribution in [2.24, 2.45) is 0 Å². The molecule has 1 aliphatic rings. The summed E-state index contributed by atoms with van der Waals surface area (Å²) in [6, 6.07) is 3.95. The van der Waals surface area contributed by atoms with Gasteiger partial charge in [0.15, 0.2) is 5.13 Å². The Kier molecular flexibility index (Phi) is 7.10. The highest BCUT2D eigenvalue weighted by Crippen LogP contribution is 2.31. The van der Waals surface area contributed by atoms with Crippen LogP contribution in [0.5, 0.6) is 5.75 Å². The fraction of sp³-hybridized carbons (Fsp3) is 0.500. The quantitative estimate of drug-likeness (QED) is 0.679. The SMILES string of the molecule is CN(CC(=O)Nc1nc2ccc(OC(F)(F)F)cc2s1)C(=O)CNC1CCOCC1. The second kappa shape index (κ2) is 9.58. The topological polar surface area (TPSA) is 92.8 Å². The number of carbonyl (C=O) groups is 2. The summed E-state index contributed by atoms with van der Waals surface area (Å²) in [4.78, 5) is 29.9. The highest BCUT2D eigenvalue weighted by atomic mass is 32.1. The number of rotatable bonds is 7. The van der Waals surface area contributed by atoms with Crippen LogP contribution in [0, 0.1) is 0 Å². The predicted octanol–water partition coefficient (Wildman–Crippen LogP) is 2.36. The number of alkyl halides is 3. The maximum atomic E-state index is 12.3. The summed E-state index contributed by atoms with van der Waals surface area (Å²) < 4.78 is 46.6. The standard InChI is InChI=1S/C18H21F3N4O4S/c1-25(16(27)9-22-11-4-6-28-7-5-11)10-15(26)24-17-23-13-3-2-12(8-14(13)30-17)29-18(19,20)21/h2-3,8,11,22H,4-7,9-10H2,1H3,(H,23,24,26). The highest BCUT2D eigenvalue weighted by Gasteiger charge is 2.31. The van der Waals surface area contributed by atoms with Gasteiger partial charge in [0.05, 0.1) is 23.3 Å². The number of aromatic nitrogens is 1. The molecular weight excluding hydrogens is 425 g/mol. The van der Waals surface area contributed by atoms with E-state index < -0.39 is 12.3 Å². The number of hydrogen-bond acceptors (Lipinski definition) is 7. The molecule has 0 aliphatic carbocycles. The van der Waals surface area contributed by atoms with Gasteiger partial charge in [-0.05, 0) is 25.0 Å². The zero-order chi connectivity index (χ0) is 21.7. The van der Waals surface area contributed by atoms with Crippen molar-refractivity contribution < 1.29 is 32.2 Å². The molecule has 1 aromatic heterocycles. The number of amides is 2. The van der Waals surface area contributed by atoms with Gasteiger partial charge in [0, 0.05) is 32.4 Å². The van der Waals surface area contributed by atoms with Crippen molar-refractivity contribution in [3.8, 4) is 5.75 Å². The van der Waals surface area contributed by atoms with Gasteiger partial charge in [0.1, 0.15) is 5.75 Å². The van der Waals surface area contributed by atoms with Crippen LogP contribution in [0.2, 0.25) is 0 Å². The van der Waals surface area contributed by atoms with Crippen LogP contribution in [0.3, 0.4) is 0 Å². The molecule has 2 N–H and O–H groups in total. The summed E-state index contributed by atoms with van der Waals surface area (Å²) in [5.41, 5.74) is 0.426. The molecule has 2 aromatic rings. The highest BCUT2D eigenvalue weighted by molar-refractivity contribution is 7.22. The number of anilines is 1. The fourth-order valence-electron chi connectivity index (χ4n) is 2.89. The van der Waals surface area contributed by atoms with E-state index in [1.165, 1.54) is 24.1 Å². The number of ether oxygens (including phenoxy) is 2. The van der Waals surface area contributed by atoms with Crippen LogP contribution in [0.4, 0.5) is 18.3 Å². The van der Waals surface area contributed by atoms with Crippen molar-refractivity contribution in [2.45, 2.75) is 25.2 Å². The molecule has 8 nitrogen and oxygen atoms in total. The van der Waals surface area contributed by atoms with Crippen molar-refractivity contribution in [1.29, 1.82) is 0 Å². The lowest BCUT2D eigenvalue weighted by atomic mass is 10.1. The first-order valence-corrected chi connectivity index (χ1v) is 10.0. The summed E-state index contributed by atoms with van der Waals surface area (Å²) in [6.07, 6.45) is -3.11. The molecule has 2 amide bonds. The number of hydrogen-bond donors (Lipinski definition) is 2. The minimum atomic E-state index is -4.79. The Morgan fingerprint density at radius 3 is 2.77 bits per heavy atom. The zero-order valence-corrected chi connectivity index (χ0v) is 16.9. The van der Waals surface area contributed by atoms with E-state index in [0.717, 1.165) is 30.2 Å². The van der Waals surface area contributed by atoms with Gasteiger partial charge in [-0.1, -0.05) is 11.3 Å². The molecule has 0 radical (unpaired) electrons. The third-order valence-electron chi connectivity index (χ3n) is 4.41. The van der Waals surface area contributed by atoms with Gasteiger partial charge in [-0.2, -0.15) is 0 Å². The first-order chi connectivity index (χ1) is 14.2. The first kappa shape index (κ1) is 22.2. The third-order valence-corrected chi connectivity index (χ3v) is 5.34. The van der Waals surface area contributed by atoms with Crippen LogP contribution in [-0.4, -0.2) is 67.5 Å². The van der Waals surface area contributed by atoms with Gasteiger partial charge in [0.25, 0.3) is 0 Å². The number of benzene rings is 1. The fourth-order valence-corrected chi connectivity index (χ4v) is 3.80. The maximum absolute atomic E-state index is 12.3. The second-order valence-electron chi connectivity index (χ2n) is 6.76. The normalized spacial score (nSPS) is 15.2. The Morgan fingerprint density at radius 1 is 1.33 bits per heavy atom. The van der Waals surface area contributed by atoms with Crippen LogP contribution in [0.15, 0.2) is 18.2 Å². The van der Waals surface area contributed by atoms with E-state index in [4.69, 9.17) is 4.74 Å². The van der Waals surface area contributed by atoms with Gasteiger partial charge in [-0.25, -0.2) is 4.98 Å². The molecule has 1 aromatic carbocycles. The lowest BCUT2D eigenvalue weighted by molar-refractivity contribution is -0.274. The number of carbonyl (C=O) groups excluding carboxylic acids is 2. The van der Waals surface area contributed by atoms with Gasteiger partial charge >= 0.3 is 6.36 Å². The summed E-state index contributed by atoms with van der Waals surface area (Å²) in [6.45, 7) is 1.27. The van der Waals surface area contributed by atoms with Crippen LogP contribution >= 0.6 is 11.3 Å². The van der Waals surface area contributed by atoms with Crippen molar-refractivity contribution in [2.75, 3.05) is 38.7 Å². The number of nitrogens with one attached hydrogen (secondary N) is 2. The van der Waals surface area contributed by atoms with E-state index in [1.807, 2.05) is 0 Å². The zero-order valence-electron chi connectivity index (χ0n) is 16.1. The number of halogens is 3. The van der Waals surface area contributed by atoms with Gasteiger partial charge in [-0.3, -0.25) is 9.59 Å². The average Bonchev–Trinajstić information content (AvgIpc) is 3.06. The third kappa shape index (κ3) is 6.54. The lowest BCUT2D eigenvalue weighted by Gasteiger charge is -2.24. The molecule has 0 spiro atoms. The number of fused-ring (bicyclic) bond motifs is 1. The number of nitrogens with zero attached hydrogens (tertiary/aromatic N) is 2. The minimum Gasteiger partial charge on any atom is -0.406 e. The van der Waals surface area contributed by atoms with Crippen molar-refractivity contribution >= 4 is 38.5 Å². The molecule has 3 rings (SSSR count). The van der Waals surface area contributed by atoms with E-state index in [-0.39, 0.29) is 35.9 Å². The predicted molar refractivity (Wildman–Crippen MR) is 104 cm³/mol. The minimum absolute atomic E-state index is 0.123. The number of thiazole rings is 1. The molecule has 30 heavy (non-hydrogen) atoms. The lowest BCUT2D eigenvalue weighted by Crippen LogP contribution is -2.44. The molecule has 164 valence electrons. The van der Waals surface area contributed by atoms with E-state index in [9.17, 15) is 22.8 Å². The summed E-state index contributed by atoms with van der Waals surface area (Å²) >= 11 is 1.01. The molecule has 0 bridgehead atoms. The first-order valence-electron chi connectivity index (χ1n) is 9.21. The summed E-state index contributed by atoms with van der Waals surface area (Å²) in [5, 5.41) is 5.95. The van der Waals surface area contributed by atoms with Gasteiger partial charge in [-0.15, -0.1) is 13.2 Å². The Bertz CT molecular complexity index is 899. The average molecular weight is 446 g/mol. The summed E-state index contributed by atoms with van der Waals surface area (Å²) in [7, 11) is 1.52. The van der Waals surface area contributed by atoms with Crippen molar-refractivity contribution in [1.82, 2.24) is 15.2 Å². The van der Waals surface area contributed by atoms with Crippen LogP contribution < -0.4 is 15.4 Å². The Labute approximate surface area is 174 Å². The van der Waals surface area contributed by atoms with Crippen molar-refractivity contribution in [3.05, 3.63) is 18.2 Å². The summed E-state index contributed by atoms with van der Waals surface area (Å²) in [5.74, 6) is -1.04. The molecule has 0 saturated carbocycles. The van der Waals surface area contributed by atoms with Crippen LogP contribution in [0.25, 0.3) is 10.2 Å². The molecule has 2 heterocycles. The maximum Gasteiger partial charge on any atom is 0.573 e. The second-order valence-corrected chi connectivity index (χ2v) is 7.79. The molecule has 1 saturated heterocycles.